The molecule has 4 nitrogen and oxygen atoms in total. The van der Waals surface area contributed by atoms with Gasteiger partial charge >= 0.3 is 0 Å². The first-order valence-corrected chi connectivity index (χ1v) is 5.61. The van der Waals surface area contributed by atoms with E-state index in [4.69, 9.17) is 11.6 Å². The molecule has 2 rings (SSSR count). The van der Waals surface area contributed by atoms with E-state index in [-0.39, 0.29) is 0 Å². The molecule has 0 aromatic carbocycles. The molecule has 2 heterocycles. The third-order valence-corrected chi connectivity index (χ3v) is 2.81. The van der Waals surface area contributed by atoms with Gasteiger partial charge in [0.2, 0.25) is 0 Å². The van der Waals surface area contributed by atoms with Crippen molar-refractivity contribution >= 4 is 17.4 Å². The van der Waals surface area contributed by atoms with Crippen molar-refractivity contribution in [3.63, 3.8) is 0 Å². The first-order chi connectivity index (χ1) is 7.24. The summed E-state index contributed by atoms with van der Waals surface area (Å²) in [5, 5.41) is 15.0. The van der Waals surface area contributed by atoms with Crippen molar-refractivity contribution in [2.45, 2.75) is 31.8 Å². The van der Waals surface area contributed by atoms with Gasteiger partial charge in [0, 0.05) is 12.1 Å². The van der Waals surface area contributed by atoms with Gasteiger partial charge in [0.25, 0.3) is 0 Å². The molecule has 15 heavy (non-hydrogen) atoms. The van der Waals surface area contributed by atoms with Crippen LogP contribution in [0.1, 0.15) is 19.8 Å². The Morgan fingerprint density at radius 2 is 2.33 bits per heavy atom. The SMILES string of the molecule is CC1CC(Nc2ccc(Cl)nn2)CCN1. The number of hydrogen-bond acceptors (Lipinski definition) is 4. The van der Waals surface area contributed by atoms with Crippen LogP contribution < -0.4 is 10.6 Å². The van der Waals surface area contributed by atoms with E-state index >= 15 is 0 Å². The van der Waals surface area contributed by atoms with Gasteiger partial charge in [-0.15, -0.1) is 10.2 Å². The molecule has 1 fully saturated rings. The Labute approximate surface area is 94.4 Å². The van der Waals surface area contributed by atoms with Crippen molar-refractivity contribution in [1.29, 1.82) is 0 Å². The van der Waals surface area contributed by atoms with Crippen LogP contribution in [0.4, 0.5) is 5.82 Å². The summed E-state index contributed by atoms with van der Waals surface area (Å²) < 4.78 is 0. The van der Waals surface area contributed by atoms with Crippen LogP contribution in [-0.4, -0.2) is 28.8 Å². The van der Waals surface area contributed by atoms with Gasteiger partial charge in [-0.2, -0.15) is 0 Å². The van der Waals surface area contributed by atoms with Crippen molar-refractivity contribution in [3.05, 3.63) is 17.3 Å². The average molecular weight is 227 g/mol. The molecule has 0 saturated carbocycles. The van der Waals surface area contributed by atoms with E-state index in [0.29, 0.717) is 17.2 Å². The molecule has 1 aliphatic heterocycles. The summed E-state index contributed by atoms with van der Waals surface area (Å²) in [5.41, 5.74) is 0. The third kappa shape index (κ3) is 3.04. The topological polar surface area (TPSA) is 49.8 Å². The van der Waals surface area contributed by atoms with Crippen LogP contribution >= 0.6 is 11.6 Å². The van der Waals surface area contributed by atoms with Gasteiger partial charge in [-0.25, -0.2) is 0 Å². The fraction of sp³-hybridized carbons (Fsp3) is 0.600. The van der Waals surface area contributed by atoms with Crippen LogP contribution in [0.2, 0.25) is 5.15 Å². The van der Waals surface area contributed by atoms with E-state index in [1.807, 2.05) is 6.07 Å². The fourth-order valence-electron chi connectivity index (χ4n) is 1.87. The molecule has 0 radical (unpaired) electrons. The van der Waals surface area contributed by atoms with Gasteiger partial charge in [0.15, 0.2) is 5.15 Å². The molecule has 2 atom stereocenters. The highest BCUT2D eigenvalue weighted by molar-refractivity contribution is 6.29. The van der Waals surface area contributed by atoms with Gasteiger partial charge < -0.3 is 10.6 Å². The maximum atomic E-state index is 5.67. The molecule has 1 saturated heterocycles. The van der Waals surface area contributed by atoms with Gasteiger partial charge in [-0.1, -0.05) is 11.6 Å². The number of aromatic nitrogens is 2. The maximum absolute atomic E-state index is 5.67. The Morgan fingerprint density at radius 3 is 3.00 bits per heavy atom. The van der Waals surface area contributed by atoms with E-state index in [9.17, 15) is 0 Å². The molecular weight excluding hydrogens is 212 g/mol. The predicted molar refractivity (Wildman–Crippen MR) is 61.2 cm³/mol. The van der Waals surface area contributed by atoms with Crippen molar-refractivity contribution in [1.82, 2.24) is 15.5 Å². The molecule has 0 amide bonds. The zero-order valence-electron chi connectivity index (χ0n) is 8.70. The Kier molecular flexibility index (Phi) is 3.38. The molecule has 1 aromatic heterocycles. The smallest absolute Gasteiger partial charge is 0.151 e. The zero-order chi connectivity index (χ0) is 10.7. The highest BCUT2D eigenvalue weighted by atomic mass is 35.5. The quantitative estimate of drug-likeness (QED) is 0.806. The van der Waals surface area contributed by atoms with Crippen LogP contribution in [-0.2, 0) is 0 Å². The van der Waals surface area contributed by atoms with Gasteiger partial charge in [-0.05, 0) is 38.4 Å². The molecule has 2 unspecified atom stereocenters. The summed E-state index contributed by atoms with van der Waals surface area (Å²) in [6, 6.07) is 4.66. The van der Waals surface area contributed by atoms with Crippen molar-refractivity contribution in [2.24, 2.45) is 0 Å². The second-order valence-corrected chi connectivity index (χ2v) is 4.35. The molecule has 0 aliphatic carbocycles. The van der Waals surface area contributed by atoms with E-state index in [0.717, 1.165) is 25.2 Å². The van der Waals surface area contributed by atoms with Gasteiger partial charge in [-0.3, -0.25) is 0 Å². The normalized spacial score (nSPS) is 26.3. The number of halogens is 1. The molecule has 0 bridgehead atoms. The number of anilines is 1. The summed E-state index contributed by atoms with van der Waals surface area (Å²) in [4.78, 5) is 0. The molecule has 0 spiro atoms. The zero-order valence-corrected chi connectivity index (χ0v) is 9.46. The second-order valence-electron chi connectivity index (χ2n) is 3.96. The largest absolute Gasteiger partial charge is 0.366 e. The number of nitrogens with one attached hydrogen (secondary N) is 2. The summed E-state index contributed by atoms with van der Waals surface area (Å²) in [7, 11) is 0. The lowest BCUT2D eigenvalue weighted by Crippen LogP contribution is -2.41. The monoisotopic (exact) mass is 226 g/mol. The number of piperidine rings is 1. The molecule has 2 N–H and O–H groups in total. The summed E-state index contributed by atoms with van der Waals surface area (Å²) in [5.74, 6) is 0.804. The average Bonchev–Trinajstić information content (AvgIpc) is 2.22. The fourth-order valence-corrected chi connectivity index (χ4v) is 1.97. The minimum absolute atomic E-state index is 0.430. The lowest BCUT2D eigenvalue weighted by atomic mass is 10.0. The van der Waals surface area contributed by atoms with E-state index in [2.05, 4.69) is 27.8 Å². The van der Waals surface area contributed by atoms with Crippen molar-refractivity contribution < 1.29 is 0 Å². The van der Waals surface area contributed by atoms with Crippen LogP contribution in [0.15, 0.2) is 12.1 Å². The minimum atomic E-state index is 0.430. The first kappa shape index (κ1) is 10.6. The molecule has 1 aromatic rings. The highest BCUT2D eigenvalue weighted by Gasteiger charge is 2.18. The van der Waals surface area contributed by atoms with Gasteiger partial charge in [0.05, 0.1) is 0 Å². The Morgan fingerprint density at radius 1 is 1.47 bits per heavy atom. The summed E-state index contributed by atoms with van der Waals surface area (Å²) in [6.45, 7) is 3.25. The van der Waals surface area contributed by atoms with E-state index < -0.39 is 0 Å². The molecule has 5 heteroatoms. The third-order valence-electron chi connectivity index (χ3n) is 2.61. The van der Waals surface area contributed by atoms with Crippen LogP contribution in [0.5, 0.6) is 0 Å². The Bertz CT molecular complexity index is 314. The molecule has 1 aliphatic rings. The van der Waals surface area contributed by atoms with Gasteiger partial charge in [0.1, 0.15) is 5.82 Å². The molecular formula is C10H15ClN4. The number of rotatable bonds is 2. The van der Waals surface area contributed by atoms with Crippen LogP contribution in [0, 0.1) is 0 Å². The standard InChI is InChI=1S/C10H15ClN4/c1-7-6-8(4-5-12-7)13-10-3-2-9(11)14-15-10/h2-3,7-8,12H,4-6H2,1H3,(H,13,15). The lowest BCUT2D eigenvalue weighted by molar-refractivity contribution is 0.395. The minimum Gasteiger partial charge on any atom is -0.366 e. The lowest BCUT2D eigenvalue weighted by Gasteiger charge is -2.28. The van der Waals surface area contributed by atoms with Crippen molar-refractivity contribution in [3.8, 4) is 0 Å². The highest BCUT2D eigenvalue weighted by Crippen LogP contribution is 2.14. The second kappa shape index (κ2) is 4.77. The predicted octanol–water partition coefficient (Wildman–Crippen LogP) is 1.68. The van der Waals surface area contributed by atoms with Crippen LogP contribution in [0.25, 0.3) is 0 Å². The van der Waals surface area contributed by atoms with Crippen molar-refractivity contribution in [2.75, 3.05) is 11.9 Å². The number of hydrogen-bond donors (Lipinski definition) is 2. The number of nitrogens with zero attached hydrogens (tertiary/aromatic N) is 2. The molecule has 82 valence electrons. The first-order valence-electron chi connectivity index (χ1n) is 5.23. The van der Waals surface area contributed by atoms with E-state index in [1.165, 1.54) is 0 Å². The Balaban J connectivity index is 1.93. The maximum Gasteiger partial charge on any atom is 0.151 e. The van der Waals surface area contributed by atoms with Crippen LogP contribution in [0.3, 0.4) is 0 Å². The van der Waals surface area contributed by atoms with E-state index in [1.54, 1.807) is 6.07 Å². The summed E-state index contributed by atoms with van der Waals surface area (Å²) in [6.07, 6.45) is 2.24. The Hall–Kier alpha value is -0.870. The summed E-state index contributed by atoms with van der Waals surface area (Å²) >= 11 is 5.67.